The van der Waals surface area contributed by atoms with Crippen molar-refractivity contribution in [3.05, 3.63) is 60.9 Å². The number of ether oxygens (including phenoxy) is 3. The van der Waals surface area contributed by atoms with E-state index in [0.717, 1.165) is 16.7 Å². The third-order valence-electron chi connectivity index (χ3n) is 4.36. The summed E-state index contributed by atoms with van der Waals surface area (Å²) in [6.45, 7) is -0.256. The minimum absolute atomic E-state index is 0.0306. The number of rotatable bonds is 7. The molecule has 11 heteroatoms. The number of hydrogen-bond acceptors (Lipinski definition) is 7. The molecule has 2 aromatic carbocycles. The zero-order valence-electron chi connectivity index (χ0n) is 16.8. The molecule has 0 atom stereocenters. The molecule has 168 valence electrons. The Morgan fingerprint density at radius 2 is 1.91 bits per heavy atom. The molecule has 0 N–H and O–H groups in total. The van der Waals surface area contributed by atoms with Crippen LogP contribution in [-0.2, 0) is 20.9 Å². The highest BCUT2D eigenvalue weighted by Gasteiger charge is 2.35. The first kappa shape index (κ1) is 24.4. The lowest BCUT2D eigenvalue weighted by Crippen LogP contribution is -2.27. The number of methoxy groups -OCH3 is 2. The predicted octanol–water partition coefficient (Wildman–Crippen LogP) is 5.55. The molecular formula is C21H16BrCl2NO6S. The SMILES string of the molecule is COC(=O)COc1cc(Br)c(/C=C2\SC(=O)N(Cc3ccc(Cl)cc3Cl)C2=O)cc1OC. The second kappa shape index (κ2) is 10.6. The fourth-order valence-corrected chi connectivity index (χ4v) is 4.46. The maximum Gasteiger partial charge on any atom is 0.343 e. The van der Waals surface area contributed by atoms with E-state index in [1.165, 1.54) is 14.2 Å². The molecule has 1 heterocycles. The molecule has 2 amide bonds. The molecule has 3 rings (SSSR count). The van der Waals surface area contributed by atoms with Gasteiger partial charge in [0.1, 0.15) is 0 Å². The van der Waals surface area contributed by atoms with Crippen LogP contribution in [0.4, 0.5) is 4.79 Å². The van der Waals surface area contributed by atoms with E-state index in [-0.39, 0.29) is 18.1 Å². The number of halogens is 3. The van der Waals surface area contributed by atoms with Crippen molar-refractivity contribution in [2.75, 3.05) is 20.8 Å². The summed E-state index contributed by atoms with van der Waals surface area (Å²) in [6, 6.07) is 8.10. The van der Waals surface area contributed by atoms with Gasteiger partial charge in [-0.05, 0) is 53.2 Å². The largest absolute Gasteiger partial charge is 0.493 e. The Morgan fingerprint density at radius 3 is 2.56 bits per heavy atom. The number of esters is 1. The van der Waals surface area contributed by atoms with Gasteiger partial charge in [0, 0.05) is 14.5 Å². The highest BCUT2D eigenvalue weighted by molar-refractivity contribution is 9.10. The molecule has 1 aliphatic rings. The lowest BCUT2D eigenvalue weighted by atomic mass is 10.1. The average molecular weight is 561 g/mol. The van der Waals surface area contributed by atoms with Crippen LogP contribution in [0.25, 0.3) is 6.08 Å². The van der Waals surface area contributed by atoms with Crippen molar-refractivity contribution < 1.29 is 28.6 Å². The first-order chi connectivity index (χ1) is 15.2. The lowest BCUT2D eigenvalue weighted by molar-refractivity contribution is -0.142. The van der Waals surface area contributed by atoms with E-state index in [9.17, 15) is 14.4 Å². The molecule has 7 nitrogen and oxygen atoms in total. The van der Waals surface area contributed by atoms with Crippen LogP contribution in [-0.4, -0.2) is 42.8 Å². The molecule has 0 aliphatic carbocycles. The number of benzene rings is 2. The number of amides is 2. The lowest BCUT2D eigenvalue weighted by Gasteiger charge is -2.14. The van der Waals surface area contributed by atoms with Crippen LogP contribution in [0.2, 0.25) is 10.0 Å². The summed E-state index contributed by atoms with van der Waals surface area (Å²) in [6.07, 6.45) is 1.57. The van der Waals surface area contributed by atoms with E-state index in [1.54, 1.807) is 36.4 Å². The van der Waals surface area contributed by atoms with Crippen LogP contribution >= 0.6 is 50.9 Å². The second-order valence-corrected chi connectivity index (χ2v) is 9.08. The number of carbonyl (C=O) groups excluding carboxylic acids is 3. The highest BCUT2D eigenvalue weighted by Crippen LogP contribution is 2.38. The zero-order chi connectivity index (χ0) is 23.4. The number of hydrogen-bond donors (Lipinski definition) is 0. The summed E-state index contributed by atoms with van der Waals surface area (Å²) in [7, 11) is 2.71. The molecular weight excluding hydrogens is 545 g/mol. The Balaban J connectivity index is 1.84. The number of thioether (sulfide) groups is 1. The van der Waals surface area contributed by atoms with Crippen molar-refractivity contribution in [3.63, 3.8) is 0 Å². The van der Waals surface area contributed by atoms with Crippen molar-refractivity contribution in [2.24, 2.45) is 0 Å². The monoisotopic (exact) mass is 559 g/mol. The fraction of sp³-hybridized carbons (Fsp3) is 0.190. The summed E-state index contributed by atoms with van der Waals surface area (Å²) in [4.78, 5) is 38.0. The quantitative estimate of drug-likeness (QED) is 0.324. The molecule has 0 bridgehead atoms. The Morgan fingerprint density at radius 1 is 1.16 bits per heavy atom. The van der Waals surface area contributed by atoms with E-state index < -0.39 is 17.1 Å². The molecule has 2 aromatic rings. The van der Waals surface area contributed by atoms with Crippen LogP contribution in [0.15, 0.2) is 39.7 Å². The van der Waals surface area contributed by atoms with Crippen molar-refractivity contribution in [3.8, 4) is 11.5 Å². The van der Waals surface area contributed by atoms with Gasteiger partial charge in [0.25, 0.3) is 11.1 Å². The summed E-state index contributed by atoms with van der Waals surface area (Å²) in [5.74, 6) is -0.326. The summed E-state index contributed by atoms with van der Waals surface area (Å²) in [5, 5.41) is 0.425. The van der Waals surface area contributed by atoms with E-state index in [1.807, 2.05) is 0 Å². The van der Waals surface area contributed by atoms with Gasteiger partial charge in [0.15, 0.2) is 18.1 Å². The number of carbonyl (C=O) groups is 3. The molecule has 1 fully saturated rings. The van der Waals surface area contributed by atoms with Gasteiger partial charge in [-0.2, -0.15) is 0 Å². The third kappa shape index (κ3) is 5.58. The molecule has 32 heavy (non-hydrogen) atoms. The van der Waals surface area contributed by atoms with Gasteiger partial charge >= 0.3 is 5.97 Å². The standard InChI is InChI=1S/C21H16BrCl2NO6S/c1-29-16-5-12(14(22)8-17(16)31-10-19(26)30-2)6-18-20(27)25(21(28)32-18)9-11-3-4-13(23)7-15(11)24/h3-8H,9-10H2,1-2H3/b18-6-. The zero-order valence-corrected chi connectivity index (χ0v) is 20.7. The first-order valence-corrected chi connectivity index (χ1v) is 11.4. The topological polar surface area (TPSA) is 82.1 Å². The van der Waals surface area contributed by atoms with Gasteiger partial charge in [-0.3, -0.25) is 14.5 Å². The second-order valence-electron chi connectivity index (χ2n) is 6.39. The molecule has 1 aliphatic heterocycles. The summed E-state index contributed by atoms with van der Waals surface area (Å²) < 4.78 is 15.9. The minimum Gasteiger partial charge on any atom is -0.493 e. The minimum atomic E-state index is -0.540. The van der Waals surface area contributed by atoms with Crippen LogP contribution in [0.3, 0.4) is 0 Å². The van der Waals surface area contributed by atoms with E-state index >= 15 is 0 Å². The summed E-state index contributed by atoms with van der Waals surface area (Å²) in [5.41, 5.74) is 1.19. The van der Waals surface area contributed by atoms with Gasteiger partial charge in [-0.15, -0.1) is 0 Å². The van der Waals surface area contributed by atoms with Crippen molar-refractivity contribution >= 4 is 74.1 Å². The number of nitrogens with zero attached hydrogens (tertiary/aromatic N) is 1. The van der Waals surface area contributed by atoms with E-state index in [0.29, 0.717) is 37.1 Å². The van der Waals surface area contributed by atoms with Crippen molar-refractivity contribution in [1.29, 1.82) is 0 Å². The maximum atomic E-state index is 12.9. The Bertz CT molecular complexity index is 1120. The van der Waals surface area contributed by atoms with Gasteiger partial charge < -0.3 is 14.2 Å². The molecule has 0 spiro atoms. The molecule has 0 radical (unpaired) electrons. The predicted molar refractivity (Wildman–Crippen MR) is 126 cm³/mol. The third-order valence-corrected chi connectivity index (χ3v) is 6.54. The van der Waals surface area contributed by atoms with Crippen LogP contribution in [0.1, 0.15) is 11.1 Å². The van der Waals surface area contributed by atoms with Crippen molar-refractivity contribution in [1.82, 2.24) is 4.90 Å². The van der Waals surface area contributed by atoms with Gasteiger partial charge in [0.05, 0.1) is 25.7 Å². The van der Waals surface area contributed by atoms with Gasteiger partial charge in [-0.1, -0.05) is 45.2 Å². The average Bonchev–Trinajstić information content (AvgIpc) is 3.02. The highest BCUT2D eigenvalue weighted by atomic mass is 79.9. The Labute approximate surface area is 206 Å². The maximum absolute atomic E-state index is 12.9. The van der Waals surface area contributed by atoms with Crippen molar-refractivity contribution in [2.45, 2.75) is 6.54 Å². The molecule has 0 aromatic heterocycles. The van der Waals surface area contributed by atoms with Crippen LogP contribution in [0, 0.1) is 0 Å². The smallest absolute Gasteiger partial charge is 0.343 e. The van der Waals surface area contributed by atoms with Crippen LogP contribution < -0.4 is 9.47 Å². The summed E-state index contributed by atoms with van der Waals surface area (Å²) >= 11 is 16.3. The van der Waals surface area contributed by atoms with E-state index in [4.69, 9.17) is 32.7 Å². The van der Waals surface area contributed by atoms with Gasteiger partial charge in [-0.25, -0.2) is 4.79 Å². The first-order valence-electron chi connectivity index (χ1n) is 9.00. The number of imide groups is 1. The Hall–Kier alpha value is -2.20. The van der Waals surface area contributed by atoms with E-state index in [2.05, 4.69) is 20.7 Å². The molecule has 1 saturated heterocycles. The molecule has 0 saturated carbocycles. The van der Waals surface area contributed by atoms with Crippen LogP contribution in [0.5, 0.6) is 11.5 Å². The normalized spacial score (nSPS) is 14.8. The molecule has 0 unspecified atom stereocenters. The van der Waals surface area contributed by atoms with Gasteiger partial charge in [0.2, 0.25) is 0 Å². The fourth-order valence-electron chi connectivity index (χ4n) is 2.73. The Kier molecular flexibility index (Phi) is 8.10.